The maximum Gasteiger partial charge on any atom is 0.257 e. The van der Waals surface area contributed by atoms with E-state index in [0.717, 1.165) is 16.6 Å². The van der Waals surface area contributed by atoms with Crippen molar-refractivity contribution in [3.63, 3.8) is 0 Å². The van der Waals surface area contributed by atoms with E-state index in [-0.39, 0.29) is 5.91 Å². The summed E-state index contributed by atoms with van der Waals surface area (Å²) in [5.74, 6) is 1.34. The minimum atomic E-state index is -0.246. The molecule has 1 amide bonds. The average molecular weight is 344 g/mol. The van der Waals surface area contributed by atoms with Gasteiger partial charge in [-0.05, 0) is 49.4 Å². The molecule has 4 rings (SSSR count). The van der Waals surface area contributed by atoms with Crippen molar-refractivity contribution in [2.45, 2.75) is 6.92 Å². The number of anilines is 1. The van der Waals surface area contributed by atoms with E-state index in [4.69, 9.17) is 4.74 Å². The van der Waals surface area contributed by atoms with E-state index in [9.17, 15) is 4.79 Å². The number of nitrogens with one attached hydrogen (secondary N) is 2. The molecule has 0 saturated heterocycles. The number of ether oxygens (including phenoxy) is 1. The minimum absolute atomic E-state index is 0.246. The lowest BCUT2D eigenvalue weighted by Gasteiger charge is -2.07. The predicted octanol–water partition coefficient (Wildman–Crippen LogP) is 4.31. The largest absolute Gasteiger partial charge is 0.439 e. The van der Waals surface area contributed by atoms with Crippen molar-refractivity contribution in [1.82, 2.24) is 15.0 Å². The van der Waals surface area contributed by atoms with Crippen molar-refractivity contribution in [2.75, 3.05) is 5.32 Å². The summed E-state index contributed by atoms with van der Waals surface area (Å²) in [5, 5.41) is 2.77. The second-order valence-corrected chi connectivity index (χ2v) is 5.81. The Kier molecular flexibility index (Phi) is 4.07. The molecule has 6 heteroatoms. The van der Waals surface area contributed by atoms with E-state index < -0.39 is 0 Å². The second-order valence-electron chi connectivity index (χ2n) is 5.81. The zero-order valence-corrected chi connectivity index (χ0v) is 14.1. The maximum absolute atomic E-state index is 12.4. The van der Waals surface area contributed by atoms with Crippen molar-refractivity contribution >= 4 is 22.9 Å². The Morgan fingerprint density at radius 2 is 1.85 bits per heavy atom. The molecule has 0 aliphatic rings. The van der Waals surface area contributed by atoms with E-state index >= 15 is 0 Å². The van der Waals surface area contributed by atoms with E-state index in [2.05, 4.69) is 20.3 Å². The second kappa shape index (κ2) is 6.68. The molecule has 0 bridgehead atoms. The van der Waals surface area contributed by atoms with Gasteiger partial charge in [-0.15, -0.1) is 0 Å². The monoisotopic (exact) mass is 344 g/mol. The SMILES string of the molecule is Cc1cccnc1Oc1ccc(C(=O)Nc2nc3ccccc3[nH]2)cc1. The molecule has 0 atom stereocenters. The average Bonchev–Trinajstić information content (AvgIpc) is 3.06. The molecule has 2 heterocycles. The van der Waals surface area contributed by atoms with Crippen molar-refractivity contribution in [2.24, 2.45) is 0 Å². The standard InChI is InChI=1S/C20H16N4O2/c1-13-5-4-12-21-19(13)26-15-10-8-14(9-11-15)18(25)24-20-22-16-6-2-3-7-17(16)23-20/h2-12H,1H3,(H2,22,23,24,25). The molecule has 0 radical (unpaired) electrons. The number of aryl methyl sites for hydroxylation is 1. The van der Waals surface area contributed by atoms with Crippen molar-refractivity contribution in [1.29, 1.82) is 0 Å². The lowest BCUT2D eigenvalue weighted by molar-refractivity contribution is 0.102. The van der Waals surface area contributed by atoms with Crippen LogP contribution in [-0.2, 0) is 0 Å². The third-order valence-electron chi connectivity index (χ3n) is 3.91. The van der Waals surface area contributed by atoms with Gasteiger partial charge < -0.3 is 9.72 Å². The number of benzene rings is 2. The Hall–Kier alpha value is -3.67. The number of pyridine rings is 1. The van der Waals surface area contributed by atoms with Crippen LogP contribution in [0.2, 0.25) is 0 Å². The van der Waals surface area contributed by atoms with Crippen LogP contribution in [0.5, 0.6) is 11.6 Å². The summed E-state index contributed by atoms with van der Waals surface area (Å²) in [6, 6.07) is 18.3. The van der Waals surface area contributed by atoms with Gasteiger partial charge in [-0.1, -0.05) is 18.2 Å². The van der Waals surface area contributed by atoms with Gasteiger partial charge in [-0.2, -0.15) is 0 Å². The molecule has 26 heavy (non-hydrogen) atoms. The van der Waals surface area contributed by atoms with Crippen LogP contribution in [0.15, 0.2) is 66.9 Å². The number of imidazole rings is 1. The number of nitrogens with zero attached hydrogens (tertiary/aromatic N) is 2. The van der Waals surface area contributed by atoms with Crippen molar-refractivity contribution < 1.29 is 9.53 Å². The summed E-state index contributed by atoms with van der Waals surface area (Å²) < 4.78 is 5.74. The Morgan fingerprint density at radius 3 is 2.62 bits per heavy atom. The van der Waals surface area contributed by atoms with Gasteiger partial charge in [0.25, 0.3) is 5.91 Å². The molecule has 6 nitrogen and oxygen atoms in total. The first-order chi connectivity index (χ1) is 12.7. The molecule has 2 N–H and O–H groups in total. The smallest absolute Gasteiger partial charge is 0.257 e. The lowest BCUT2D eigenvalue weighted by Crippen LogP contribution is -2.12. The molecule has 2 aromatic heterocycles. The number of hydrogen-bond donors (Lipinski definition) is 2. The number of H-pyrrole nitrogens is 1. The van der Waals surface area contributed by atoms with Crippen LogP contribution >= 0.6 is 0 Å². The molecular weight excluding hydrogens is 328 g/mol. The molecule has 0 aliphatic heterocycles. The van der Waals surface area contributed by atoms with Gasteiger partial charge in [-0.25, -0.2) is 9.97 Å². The first kappa shape index (κ1) is 15.8. The van der Waals surface area contributed by atoms with Crippen LogP contribution < -0.4 is 10.1 Å². The summed E-state index contributed by atoms with van der Waals surface area (Å²) in [6.07, 6.45) is 1.68. The molecule has 0 fully saturated rings. The van der Waals surface area contributed by atoms with E-state index in [1.807, 2.05) is 43.3 Å². The third kappa shape index (κ3) is 3.25. The normalized spacial score (nSPS) is 10.7. The molecule has 0 unspecified atom stereocenters. The topological polar surface area (TPSA) is 79.9 Å². The maximum atomic E-state index is 12.4. The number of carbonyl (C=O) groups is 1. The minimum Gasteiger partial charge on any atom is -0.439 e. The van der Waals surface area contributed by atoms with E-state index in [1.165, 1.54) is 0 Å². The highest BCUT2D eigenvalue weighted by Crippen LogP contribution is 2.22. The number of hydrogen-bond acceptors (Lipinski definition) is 4. The van der Waals surface area contributed by atoms with Gasteiger partial charge >= 0.3 is 0 Å². The van der Waals surface area contributed by atoms with Gasteiger partial charge in [-0.3, -0.25) is 10.1 Å². The quantitative estimate of drug-likeness (QED) is 0.578. The predicted molar refractivity (Wildman–Crippen MR) is 99.5 cm³/mol. The van der Waals surface area contributed by atoms with Crippen LogP contribution in [0.25, 0.3) is 11.0 Å². The summed E-state index contributed by atoms with van der Waals surface area (Å²) >= 11 is 0. The van der Waals surface area contributed by atoms with E-state index in [0.29, 0.717) is 23.1 Å². The Labute approximate surface area is 149 Å². The van der Waals surface area contributed by atoms with Gasteiger partial charge in [0.15, 0.2) is 0 Å². The first-order valence-electron chi connectivity index (χ1n) is 8.15. The summed E-state index contributed by atoms with van der Waals surface area (Å²) in [6.45, 7) is 1.93. The number of rotatable bonds is 4. The number of carbonyl (C=O) groups excluding carboxylic acids is 1. The molecule has 2 aromatic carbocycles. The van der Waals surface area contributed by atoms with Gasteiger partial charge in [0.05, 0.1) is 11.0 Å². The van der Waals surface area contributed by atoms with Crippen molar-refractivity contribution in [3.8, 4) is 11.6 Å². The molecule has 0 aliphatic carbocycles. The van der Waals surface area contributed by atoms with Crippen LogP contribution in [-0.4, -0.2) is 20.9 Å². The Morgan fingerprint density at radius 1 is 1.04 bits per heavy atom. The van der Waals surface area contributed by atoms with Gasteiger partial charge in [0.1, 0.15) is 5.75 Å². The molecule has 0 spiro atoms. The molecule has 128 valence electrons. The number of para-hydroxylation sites is 2. The fraction of sp³-hybridized carbons (Fsp3) is 0.0500. The molecular formula is C20H16N4O2. The number of aromatic amines is 1. The number of fused-ring (bicyclic) bond motifs is 1. The molecule has 4 aromatic rings. The highest BCUT2D eigenvalue weighted by molar-refractivity contribution is 6.04. The van der Waals surface area contributed by atoms with Crippen LogP contribution in [0.1, 0.15) is 15.9 Å². The first-order valence-corrected chi connectivity index (χ1v) is 8.15. The Bertz CT molecular complexity index is 1040. The van der Waals surface area contributed by atoms with Gasteiger partial charge in [0, 0.05) is 17.3 Å². The van der Waals surface area contributed by atoms with Crippen LogP contribution in [0.4, 0.5) is 5.95 Å². The lowest BCUT2D eigenvalue weighted by atomic mass is 10.2. The van der Waals surface area contributed by atoms with Crippen molar-refractivity contribution in [3.05, 3.63) is 78.0 Å². The number of amides is 1. The third-order valence-corrected chi connectivity index (χ3v) is 3.91. The summed E-state index contributed by atoms with van der Waals surface area (Å²) in [4.78, 5) is 24.0. The fourth-order valence-electron chi connectivity index (χ4n) is 2.56. The Balaban J connectivity index is 1.47. The van der Waals surface area contributed by atoms with Crippen LogP contribution in [0, 0.1) is 6.92 Å². The van der Waals surface area contributed by atoms with Gasteiger partial charge in [0.2, 0.25) is 11.8 Å². The zero-order valence-electron chi connectivity index (χ0n) is 14.1. The zero-order chi connectivity index (χ0) is 17.9. The highest BCUT2D eigenvalue weighted by atomic mass is 16.5. The molecule has 0 saturated carbocycles. The number of aromatic nitrogens is 3. The summed E-state index contributed by atoms with van der Waals surface area (Å²) in [5.41, 5.74) is 3.13. The summed E-state index contributed by atoms with van der Waals surface area (Å²) in [7, 11) is 0. The fourth-order valence-corrected chi connectivity index (χ4v) is 2.56. The van der Waals surface area contributed by atoms with E-state index in [1.54, 1.807) is 30.5 Å². The highest BCUT2D eigenvalue weighted by Gasteiger charge is 2.10. The van der Waals surface area contributed by atoms with Crippen LogP contribution in [0.3, 0.4) is 0 Å².